The molecule has 2 atom stereocenters. The van der Waals surface area contributed by atoms with Crippen LogP contribution in [0.25, 0.3) is 0 Å². The molecule has 1 aromatic rings. The Labute approximate surface area is 96.2 Å². The van der Waals surface area contributed by atoms with Crippen molar-refractivity contribution in [1.82, 2.24) is 0 Å². The van der Waals surface area contributed by atoms with Gasteiger partial charge >= 0.3 is 0 Å². The van der Waals surface area contributed by atoms with Crippen molar-refractivity contribution in [2.75, 3.05) is 6.61 Å². The summed E-state index contributed by atoms with van der Waals surface area (Å²) in [5.74, 6) is 1.11. The van der Waals surface area contributed by atoms with E-state index >= 15 is 0 Å². The summed E-state index contributed by atoms with van der Waals surface area (Å²) in [5.41, 5.74) is 7.34. The highest BCUT2D eigenvalue weighted by molar-refractivity contribution is 5.46. The molecule has 1 saturated carbocycles. The van der Waals surface area contributed by atoms with Crippen molar-refractivity contribution in [2.24, 2.45) is 11.1 Å². The Morgan fingerprint density at radius 2 is 2.06 bits per heavy atom. The molecule has 1 aliphatic rings. The minimum Gasteiger partial charge on any atom is -0.504 e. The van der Waals surface area contributed by atoms with Crippen molar-refractivity contribution in [1.29, 1.82) is 0 Å². The SMILES string of the molecule is CCOc1cc([C@H]2[C@H](N)C2(C)C)ccc1O. The number of aromatic hydroxyl groups is 1. The van der Waals surface area contributed by atoms with E-state index in [0.717, 1.165) is 5.56 Å². The van der Waals surface area contributed by atoms with E-state index in [-0.39, 0.29) is 17.2 Å². The Balaban J connectivity index is 2.27. The molecule has 1 aliphatic carbocycles. The lowest BCUT2D eigenvalue weighted by molar-refractivity contribution is 0.317. The maximum atomic E-state index is 9.61. The molecule has 1 fully saturated rings. The molecule has 3 heteroatoms. The molecule has 0 heterocycles. The van der Waals surface area contributed by atoms with Crippen LogP contribution in [-0.4, -0.2) is 17.8 Å². The van der Waals surface area contributed by atoms with Crippen molar-refractivity contribution >= 4 is 0 Å². The Bertz CT molecular complexity index is 401. The summed E-state index contributed by atoms with van der Waals surface area (Å²) in [4.78, 5) is 0. The lowest BCUT2D eigenvalue weighted by atomic mass is 10.0. The monoisotopic (exact) mass is 221 g/mol. The fraction of sp³-hybridized carbons (Fsp3) is 0.538. The lowest BCUT2D eigenvalue weighted by Gasteiger charge is -2.09. The Kier molecular flexibility index (Phi) is 2.58. The predicted octanol–water partition coefficient (Wildman–Crippen LogP) is 2.24. The summed E-state index contributed by atoms with van der Waals surface area (Å²) >= 11 is 0. The van der Waals surface area contributed by atoms with E-state index in [1.807, 2.05) is 19.1 Å². The maximum Gasteiger partial charge on any atom is 0.161 e. The normalized spacial score (nSPS) is 26.5. The fourth-order valence-electron chi connectivity index (χ4n) is 2.31. The largest absolute Gasteiger partial charge is 0.504 e. The van der Waals surface area contributed by atoms with E-state index in [1.165, 1.54) is 0 Å². The molecule has 0 aliphatic heterocycles. The number of nitrogens with two attached hydrogens (primary N) is 1. The van der Waals surface area contributed by atoms with Crippen LogP contribution in [0.3, 0.4) is 0 Å². The Morgan fingerprint density at radius 1 is 1.44 bits per heavy atom. The Morgan fingerprint density at radius 3 is 2.56 bits per heavy atom. The minimum absolute atomic E-state index is 0.153. The molecule has 0 unspecified atom stereocenters. The molecule has 2 rings (SSSR count). The van der Waals surface area contributed by atoms with E-state index in [0.29, 0.717) is 18.3 Å². The van der Waals surface area contributed by atoms with E-state index in [1.54, 1.807) is 6.07 Å². The third-order valence-corrected chi connectivity index (χ3v) is 3.55. The summed E-state index contributed by atoms with van der Waals surface area (Å²) in [6.45, 7) is 6.78. The molecular formula is C13H19NO2. The number of benzene rings is 1. The summed E-state index contributed by atoms with van der Waals surface area (Å²) in [6, 6.07) is 5.71. The quantitative estimate of drug-likeness (QED) is 0.823. The van der Waals surface area contributed by atoms with E-state index in [2.05, 4.69) is 13.8 Å². The average Bonchev–Trinajstić information content (AvgIpc) is 2.71. The number of phenolic OH excluding ortho intramolecular Hbond substituents is 1. The summed E-state index contributed by atoms with van der Waals surface area (Å²) < 4.78 is 5.37. The smallest absolute Gasteiger partial charge is 0.161 e. The first-order valence-electron chi connectivity index (χ1n) is 5.69. The second-order valence-corrected chi connectivity index (χ2v) is 4.98. The highest BCUT2D eigenvalue weighted by Gasteiger charge is 2.56. The molecule has 0 aromatic heterocycles. The molecule has 0 spiro atoms. The van der Waals surface area contributed by atoms with Crippen molar-refractivity contribution in [3.63, 3.8) is 0 Å². The van der Waals surface area contributed by atoms with Gasteiger partial charge in [-0.25, -0.2) is 0 Å². The summed E-state index contributed by atoms with van der Waals surface area (Å²) in [7, 11) is 0. The molecule has 3 nitrogen and oxygen atoms in total. The van der Waals surface area contributed by atoms with E-state index in [9.17, 15) is 5.11 Å². The van der Waals surface area contributed by atoms with Crippen LogP contribution in [0.4, 0.5) is 0 Å². The van der Waals surface area contributed by atoms with Gasteiger partial charge in [-0.15, -0.1) is 0 Å². The summed E-state index contributed by atoms with van der Waals surface area (Å²) in [5, 5.41) is 9.61. The zero-order chi connectivity index (χ0) is 11.9. The van der Waals surface area contributed by atoms with Crippen molar-refractivity contribution < 1.29 is 9.84 Å². The van der Waals surface area contributed by atoms with Crippen molar-refractivity contribution in [3.05, 3.63) is 23.8 Å². The molecule has 1 aromatic carbocycles. The van der Waals surface area contributed by atoms with Gasteiger partial charge in [0.25, 0.3) is 0 Å². The number of hydrogen-bond acceptors (Lipinski definition) is 3. The van der Waals surface area contributed by atoms with Gasteiger partial charge in [-0.2, -0.15) is 0 Å². The summed E-state index contributed by atoms with van der Waals surface area (Å²) in [6.07, 6.45) is 0. The molecular weight excluding hydrogens is 202 g/mol. The first-order chi connectivity index (χ1) is 7.48. The standard InChI is InChI=1S/C13H19NO2/c1-4-16-10-7-8(5-6-9(10)15)11-12(14)13(11,2)3/h5-7,11-12,15H,4,14H2,1-3H3/t11-,12-/m0/s1. The van der Waals surface area contributed by atoms with Crippen LogP contribution in [0.15, 0.2) is 18.2 Å². The van der Waals surface area contributed by atoms with Gasteiger partial charge in [-0.1, -0.05) is 19.9 Å². The van der Waals surface area contributed by atoms with Gasteiger partial charge in [0.05, 0.1) is 6.61 Å². The van der Waals surface area contributed by atoms with E-state index < -0.39 is 0 Å². The first kappa shape index (κ1) is 11.3. The topological polar surface area (TPSA) is 55.5 Å². The average molecular weight is 221 g/mol. The van der Waals surface area contributed by atoms with Gasteiger partial charge in [0, 0.05) is 12.0 Å². The van der Waals surface area contributed by atoms with Crippen LogP contribution in [0.2, 0.25) is 0 Å². The third-order valence-electron chi connectivity index (χ3n) is 3.55. The van der Waals surface area contributed by atoms with Gasteiger partial charge in [-0.3, -0.25) is 0 Å². The number of hydrogen-bond donors (Lipinski definition) is 2. The van der Waals surface area contributed by atoms with Gasteiger partial charge in [-0.05, 0) is 30.0 Å². The number of rotatable bonds is 3. The van der Waals surface area contributed by atoms with Crippen LogP contribution in [-0.2, 0) is 0 Å². The zero-order valence-electron chi connectivity index (χ0n) is 10.0. The first-order valence-corrected chi connectivity index (χ1v) is 5.69. The molecule has 88 valence electrons. The highest BCUT2D eigenvalue weighted by atomic mass is 16.5. The van der Waals surface area contributed by atoms with Crippen LogP contribution >= 0.6 is 0 Å². The Hall–Kier alpha value is -1.22. The van der Waals surface area contributed by atoms with Crippen molar-refractivity contribution in [2.45, 2.75) is 32.7 Å². The van der Waals surface area contributed by atoms with Gasteiger partial charge in [0.2, 0.25) is 0 Å². The van der Waals surface area contributed by atoms with Gasteiger partial charge < -0.3 is 15.6 Å². The lowest BCUT2D eigenvalue weighted by Crippen LogP contribution is -2.06. The zero-order valence-corrected chi connectivity index (χ0v) is 10.0. The second kappa shape index (κ2) is 3.67. The minimum atomic E-state index is 0.153. The van der Waals surface area contributed by atoms with Crippen molar-refractivity contribution in [3.8, 4) is 11.5 Å². The van der Waals surface area contributed by atoms with Gasteiger partial charge in [0.1, 0.15) is 0 Å². The molecule has 0 radical (unpaired) electrons. The van der Waals surface area contributed by atoms with Crippen LogP contribution < -0.4 is 10.5 Å². The van der Waals surface area contributed by atoms with Crippen LogP contribution in [0, 0.1) is 5.41 Å². The molecule has 3 N–H and O–H groups in total. The number of ether oxygens (including phenoxy) is 1. The molecule has 16 heavy (non-hydrogen) atoms. The maximum absolute atomic E-state index is 9.61. The van der Waals surface area contributed by atoms with Gasteiger partial charge in [0.15, 0.2) is 11.5 Å². The molecule has 0 saturated heterocycles. The van der Waals surface area contributed by atoms with Crippen LogP contribution in [0.1, 0.15) is 32.3 Å². The molecule has 0 bridgehead atoms. The van der Waals surface area contributed by atoms with E-state index in [4.69, 9.17) is 10.5 Å². The molecule has 0 amide bonds. The predicted molar refractivity (Wildman–Crippen MR) is 63.8 cm³/mol. The third kappa shape index (κ3) is 1.65. The highest BCUT2D eigenvalue weighted by Crippen LogP contribution is 2.57. The fourth-order valence-corrected chi connectivity index (χ4v) is 2.31. The van der Waals surface area contributed by atoms with Crippen LogP contribution in [0.5, 0.6) is 11.5 Å². The second-order valence-electron chi connectivity index (χ2n) is 4.98. The number of phenols is 1.